The van der Waals surface area contributed by atoms with Crippen LogP contribution >= 0.6 is 12.2 Å². The van der Waals surface area contributed by atoms with E-state index >= 15 is 0 Å². The van der Waals surface area contributed by atoms with Crippen LogP contribution in [0.4, 0.5) is 0 Å². The average Bonchev–Trinajstić information content (AvgIpc) is 2.90. The molecule has 1 N–H and O–H groups in total. The zero-order valence-electron chi connectivity index (χ0n) is 10.2. The first-order chi connectivity index (χ1) is 8.31. The minimum atomic E-state index is 0.600. The Morgan fingerprint density at radius 2 is 2.06 bits per heavy atom. The molecule has 4 heteroatoms. The van der Waals surface area contributed by atoms with Crippen LogP contribution in [0, 0.1) is 0 Å². The monoisotopic (exact) mass is 249 g/mol. The molecule has 1 fully saturated rings. The number of pyridine rings is 1. The Hall–Kier alpha value is -1.16. The molecule has 0 saturated heterocycles. The van der Waals surface area contributed by atoms with Gasteiger partial charge in [0.1, 0.15) is 0 Å². The van der Waals surface area contributed by atoms with Crippen LogP contribution in [-0.4, -0.2) is 28.1 Å². The van der Waals surface area contributed by atoms with Gasteiger partial charge in [-0.15, -0.1) is 0 Å². The van der Waals surface area contributed by atoms with Crippen LogP contribution in [0.3, 0.4) is 0 Å². The third-order valence-corrected chi connectivity index (χ3v) is 3.78. The van der Waals surface area contributed by atoms with E-state index in [4.69, 9.17) is 12.2 Å². The van der Waals surface area contributed by atoms with Gasteiger partial charge in [0.15, 0.2) is 5.11 Å². The van der Waals surface area contributed by atoms with Gasteiger partial charge in [0.05, 0.1) is 0 Å². The van der Waals surface area contributed by atoms with Gasteiger partial charge in [0.25, 0.3) is 0 Å². The van der Waals surface area contributed by atoms with Gasteiger partial charge in [0, 0.05) is 32.0 Å². The van der Waals surface area contributed by atoms with E-state index in [1.54, 1.807) is 0 Å². The Morgan fingerprint density at radius 1 is 1.41 bits per heavy atom. The maximum Gasteiger partial charge on any atom is 0.169 e. The summed E-state index contributed by atoms with van der Waals surface area (Å²) in [6, 6.07) is 4.71. The summed E-state index contributed by atoms with van der Waals surface area (Å²) < 4.78 is 0. The van der Waals surface area contributed by atoms with E-state index in [9.17, 15) is 0 Å². The predicted molar refractivity (Wildman–Crippen MR) is 73.7 cm³/mol. The molecule has 0 bridgehead atoms. The molecular weight excluding hydrogens is 230 g/mol. The summed E-state index contributed by atoms with van der Waals surface area (Å²) in [4.78, 5) is 6.37. The first kappa shape index (κ1) is 12.3. The molecule has 17 heavy (non-hydrogen) atoms. The third-order valence-electron chi connectivity index (χ3n) is 3.34. The summed E-state index contributed by atoms with van der Waals surface area (Å²) in [5.41, 5.74) is 1.27. The molecule has 0 atom stereocenters. The van der Waals surface area contributed by atoms with Gasteiger partial charge in [-0.1, -0.05) is 12.8 Å². The van der Waals surface area contributed by atoms with Gasteiger partial charge >= 0.3 is 0 Å². The molecule has 1 aromatic heterocycles. The smallest absolute Gasteiger partial charge is 0.169 e. The fourth-order valence-corrected chi connectivity index (χ4v) is 2.62. The normalized spacial score (nSPS) is 15.8. The largest absolute Gasteiger partial charge is 0.366 e. The third kappa shape index (κ3) is 3.16. The van der Waals surface area contributed by atoms with Crippen molar-refractivity contribution in [1.82, 2.24) is 15.2 Å². The SMILES string of the molecule is CNC(=S)N(Cc1ccncc1)C1CCCC1. The van der Waals surface area contributed by atoms with Crippen molar-refractivity contribution in [2.24, 2.45) is 0 Å². The quantitative estimate of drug-likeness (QED) is 0.832. The topological polar surface area (TPSA) is 28.2 Å². The molecule has 0 amide bonds. The molecule has 0 radical (unpaired) electrons. The number of rotatable bonds is 3. The Balaban J connectivity index is 2.07. The second-order valence-electron chi connectivity index (χ2n) is 4.48. The van der Waals surface area contributed by atoms with E-state index in [0.717, 1.165) is 11.7 Å². The number of hydrogen-bond donors (Lipinski definition) is 1. The highest BCUT2D eigenvalue weighted by atomic mass is 32.1. The zero-order chi connectivity index (χ0) is 12.1. The predicted octanol–water partition coefficient (Wildman–Crippen LogP) is 2.33. The average molecular weight is 249 g/mol. The van der Waals surface area contributed by atoms with Gasteiger partial charge in [-0.3, -0.25) is 4.98 Å². The molecule has 3 nitrogen and oxygen atoms in total. The van der Waals surface area contributed by atoms with E-state index in [1.807, 2.05) is 19.4 Å². The highest BCUT2D eigenvalue weighted by Gasteiger charge is 2.24. The van der Waals surface area contributed by atoms with Crippen molar-refractivity contribution in [3.8, 4) is 0 Å². The first-order valence-corrected chi connectivity index (χ1v) is 6.59. The second-order valence-corrected chi connectivity index (χ2v) is 4.86. The van der Waals surface area contributed by atoms with E-state index < -0.39 is 0 Å². The highest BCUT2D eigenvalue weighted by Crippen LogP contribution is 2.24. The summed E-state index contributed by atoms with van der Waals surface area (Å²) in [6.45, 7) is 0.882. The maximum atomic E-state index is 5.41. The van der Waals surface area contributed by atoms with Crippen LogP contribution < -0.4 is 5.32 Å². The van der Waals surface area contributed by atoms with Crippen LogP contribution in [0.1, 0.15) is 31.2 Å². The summed E-state index contributed by atoms with van der Waals surface area (Å²) in [5.74, 6) is 0. The summed E-state index contributed by atoms with van der Waals surface area (Å²) in [7, 11) is 1.90. The van der Waals surface area contributed by atoms with E-state index in [2.05, 4.69) is 27.3 Å². The summed E-state index contributed by atoms with van der Waals surface area (Å²) >= 11 is 5.41. The maximum absolute atomic E-state index is 5.41. The number of thiocarbonyl (C=S) groups is 1. The molecule has 0 aliphatic heterocycles. The zero-order valence-corrected chi connectivity index (χ0v) is 11.0. The molecule has 92 valence electrons. The van der Waals surface area contributed by atoms with Crippen LogP contribution in [0.5, 0.6) is 0 Å². The Bertz CT molecular complexity index is 360. The molecule has 0 spiro atoms. The van der Waals surface area contributed by atoms with Crippen molar-refractivity contribution in [2.75, 3.05) is 7.05 Å². The number of nitrogens with one attached hydrogen (secondary N) is 1. The molecule has 1 aliphatic carbocycles. The van der Waals surface area contributed by atoms with E-state index in [-0.39, 0.29) is 0 Å². The molecule has 1 saturated carbocycles. The first-order valence-electron chi connectivity index (χ1n) is 6.18. The van der Waals surface area contributed by atoms with Crippen LogP contribution in [0.2, 0.25) is 0 Å². The van der Waals surface area contributed by atoms with Gasteiger partial charge in [-0.2, -0.15) is 0 Å². The summed E-state index contributed by atoms with van der Waals surface area (Å²) in [5, 5.41) is 3.96. The Morgan fingerprint density at radius 3 is 2.65 bits per heavy atom. The molecule has 0 aromatic carbocycles. The Labute approximate surface area is 108 Å². The second kappa shape index (κ2) is 5.96. The van der Waals surface area contributed by atoms with E-state index in [0.29, 0.717) is 6.04 Å². The van der Waals surface area contributed by atoms with Crippen molar-refractivity contribution in [1.29, 1.82) is 0 Å². The molecular formula is C13H19N3S. The molecule has 2 rings (SSSR count). The van der Waals surface area contributed by atoms with Crippen LogP contribution in [0.15, 0.2) is 24.5 Å². The van der Waals surface area contributed by atoms with E-state index in [1.165, 1.54) is 31.2 Å². The van der Waals surface area contributed by atoms with Gasteiger partial charge in [-0.25, -0.2) is 0 Å². The number of aromatic nitrogens is 1. The lowest BCUT2D eigenvalue weighted by atomic mass is 10.2. The lowest BCUT2D eigenvalue weighted by Crippen LogP contribution is -2.43. The van der Waals surface area contributed by atoms with Crippen molar-refractivity contribution in [2.45, 2.75) is 38.3 Å². The Kier molecular flexibility index (Phi) is 4.31. The van der Waals surface area contributed by atoms with Gasteiger partial charge in [-0.05, 0) is 42.8 Å². The fraction of sp³-hybridized carbons (Fsp3) is 0.538. The molecule has 1 aromatic rings. The van der Waals surface area contributed by atoms with Crippen molar-refractivity contribution in [3.63, 3.8) is 0 Å². The molecule has 1 aliphatic rings. The molecule has 0 unspecified atom stereocenters. The van der Waals surface area contributed by atoms with Gasteiger partial charge < -0.3 is 10.2 Å². The summed E-state index contributed by atoms with van der Waals surface area (Å²) in [6.07, 6.45) is 8.84. The molecule has 1 heterocycles. The van der Waals surface area contributed by atoms with Gasteiger partial charge in [0.2, 0.25) is 0 Å². The highest BCUT2D eigenvalue weighted by molar-refractivity contribution is 7.80. The van der Waals surface area contributed by atoms with Crippen LogP contribution in [-0.2, 0) is 6.54 Å². The lowest BCUT2D eigenvalue weighted by molar-refractivity contribution is 0.305. The number of hydrogen-bond acceptors (Lipinski definition) is 2. The van der Waals surface area contributed by atoms with Crippen molar-refractivity contribution < 1.29 is 0 Å². The standard InChI is InChI=1S/C13H19N3S/c1-14-13(17)16(12-4-2-3-5-12)10-11-6-8-15-9-7-11/h6-9,12H,2-5,10H2,1H3,(H,14,17). The number of nitrogens with zero attached hydrogens (tertiary/aromatic N) is 2. The minimum Gasteiger partial charge on any atom is -0.366 e. The van der Waals surface area contributed by atoms with Crippen molar-refractivity contribution in [3.05, 3.63) is 30.1 Å². The minimum absolute atomic E-state index is 0.600. The van der Waals surface area contributed by atoms with Crippen LogP contribution in [0.25, 0.3) is 0 Å². The van der Waals surface area contributed by atoms with Crippen molar-refractivity contribution >= 4 is 17.3 Å². The fourth-order valence-electron chi connectivity index (χ4n) is 2.41. The lowest BCUT2D eigenvalue weighted by Gasteiger charge is -2.31.